The molecular weight excluding hydrogens is 844 g/mol. The minimum Gasteiger partial charge on any atom is -0.478 e. The first-order valence-electron chi connectivity index (χ1n) is 20.5. The quantitative estimate of drug-likeness (QED) is 0.0407. The molecule has 3 rings (SSSR count). The van der Waals surface area contributed by atoms with Gasteiger partial charge in [-0.25, -0.2) is 22.4 Å². The van der Waals surface area contributed by atoms with E-state index >= 15 is 4.39 Å². The first kappa shape index (κ1) is 51.7. The smallest absolute Gasteiger partial charge is 0.339 e. The molecule has 18 nitrogen and oxygen atoms in total. The molecule has 0 aromatic heterocycles. The highest BCUT2D eigenvalue weighted by Gasteiger charge is 2.47. The monoisotopic (exact) mass is 900 g/mol. The maximum Gasteiger partial charge on any atom is 0.339 e. The Morgan fingerprint density at radius 3 is 1.92 bits per heavy atom. The standard InChI is InChI=1S/C41H56F4N6O12/c1-8-12-21(33(54)37(58)47-17-24(52)48-22(34(46)55)16-25(53)63-41(5,6)7)49-35(56)23-15-20(62-40(2,3)4)18-51(23)38(59)32(19-13-10-9-11-14-19)50-36(57)26-27(39(60)61)29(43)31(45)30(44)28(26)42/h19-23,32H,8-18H2,1-7H3,(H2,46,55)(H,47,58)(H,48,52)(H,49,56)(H,50,57)(H,60,61). The summed E-state index contributed by atoms with van der Waals surface area (Å²) in [5, 5.41) is 18.5. The second kappa shape index (κ2) is 21.6. The normalized spacial score (nSPS) is 18.4. The predicted octanol–water partition coefficient (Wildman–Crippen LogP) is 2.08. The topological polar surface area (TPSA) is 270 Å². The number of amides is 6. The number of carboxylic acid groups (broad SMARTS) is 1. The zero-order chi connectivity index (χ0) is 47.7. The summed E-state index contributed by atoms with van der Waals surface area (Å²) in [4.78, 5) is 118. The molecule has 1 saturated heterocycles. The first-order valence-corrected chi connectivity index (χ1v) is 20.5. The SMILES string of the molecule is CCCC(NC(=O)C1CC(OC(C)(C)C)CN1C(=O)C(NC(=O)c1c(F)c(F)c(F)c(F)c1C(=O)O)C1CCCCC1)C(=O)C(=O)NCC(=O)NC(CC(=O)OC(C)(C)C)C(N)=O. The molecule has 0 radical (unpaired) electrons. The third-order valence-electron chi connectivity index (χ3n) is 10.1. The van der Waals surface area contributed by atoms with Crippen molar-refractivity contribution in [1.29, 1.82) is 0 Å². The molecule has 350 valence electrons. The number of primary amides is 1. The van der Waals surface area contributed by atoms with E-state index in [9.17, 15) is 61.4 Å². The Kier molecular flexibility index (Phi) is 17.7. The number of aromatic carboxylic acids is 1. The van der Waals surface area contributed by atoms with Gasteiger partial charge in [-0.3, -0.25) is 38.4 Å². The number of carbonyl (C=O) groups is 9. The van der Waals surface area contributed by atoms with Crippen LogP contribution in [0.1, 0.15) is 127 Å². The van der Waals surface area contributed by atoms with Crippen molar-refractivity contribution in [2.45, 2.75) is 148 Å². The van der Waals surface area contributed by atoms with Crippen LogP contribution in [0.25, 0.3) is 0 Å². The Bertz CT molecular complexity index is 1960. The molecule has 1 aromatic carbocycles. The molecule has 1 aliphatic heterocycles. The minimum atomic E-state index is -2.47. The Morgan fingerprint density at radius 2 is 1.40 bits per heavy atom. The van der Waals surface area contributed by atoms with Gasteiger partial charge in [0, 0.05) is 13.0 Å². The molecular formula is C41H56F4N6O12. The largest absolute Gasteiger partial charge is 0.478 e. The van der Waals surface area contributed by atoms with Crippen LogP contribution in [-0.2, 0) is 43.0 Å². The van der Waals surface area contributed by atoms with Crippen molar-refractivity contribution in [2.75, 3.05) is 13.1 Å². The molecule has 7 N–H and O–H groups in total. The molecule has 0 bridgehead atoms. The molecule has 63 heavy (non-hydrogen) atoms. The van der Waals surface area contributed by atoms with Crippen molar-refractivity contribution in [1.82, 2.24) is 26.2 Å². The molecule has 1 aliphatic carbocycles. The second-order valence-corrected chi connectivity index (χ2v) is 17.5. The fraction of sp³-hybridized carbons (Fsp3) is 0.634. The van der Waals surface area contributed by atoms with Crippen LogP contribution in [0.2, 0.25) is 0 Å². The highest BCUT2D eigenvalue weighted by Crippen LogP contribution is 2.32. The molecule has 2 fully saturated rings. The van der Waals surface area contributed by atoms with E-state index in [4.69, 9.17) is 15.2 Å². The highest BCUT2D eigenvalue weighted by molar-refractivity contribution is 6.38. The fourth-order valence-electron chi connectivity index (χ4n) is 7.41. The van der Waals surface area contributed by atoms with Crippen LogP contribution >= 0.6 is 0 Å². The van der Waals surface area contributed by atoms with E-state index in [2.05, 4.69) is 21.3 Å². The van der Waals surface area contributed by atoms with E-state index in [0.29, 0.717) is 25.7 Å². The molecule has 6 amide bonds. The van der Waals surface area contributed by atoms with Gasteiger partial charge in [-0.2, -0.15) is 0 Å². The molecule has 0 spiro atoms. The molecule has 1 heterocycles. The summed E-state index contributed by atoms with van der Waals surface area (Å²) in [5.41, 5.74) is 0.0920. The van der Waals surface area contributed by atoms with Gasteiger partial charge in [-0.15, -0.1) is 0 Å². The fourth-order valence-corrected chi connectivity index (χ4v) is 7.41. The van der Waals surface area contributed by atoms with Gasteiger partial charge in [0.25, 0.3) is 11.8 Å². The van der Waals surface area contributed by atoms with E-state index in [1.807, 2.05) is 0 Å². The molecule has 2 aliphatic rings. The van der Waals surface area contributed by atoms with Crippen LogP contribution in [0.3, 0.4) is 0 Å². The van der Waals surface area contributed by atoms with Crippen LogP contribution in [0, 0.1) is 29.2 Å². The third kappa shape index (κ3) is 14.2. The van der Waals surface area contributed by atoms with Gasteiger partial charge < -0.3 is 46.5 Å². The van der Waals surface area contributed by atoms with Gasteiger partial charge in [0.2, 0.25) is 29.4 Å². The number of likely N-dealkylation sites (tertiary alicyclic amines) is 1. The van der Waals surface area contributed by atoms with Gasteiger partial charge in [0.1, 0.15) is 29.3 Å². The number of rotatable bonds is 18. The second-order valence-electron chi connectivity index (χ2n) is 17.5. The van der Waals surface area contributed by atoms with Gasteiger partial charge in [0.15, 0.2) is 23.3 Å². The Morgan fingerprint density at radius 1 is 0.810 bits per heavy atom. The average molecular weight is 901 g/mol. The van der Waals surface area contributed by atoms with Gasteiger partial charge in [0.05, 0.1) is 36.3 Å². The average Bonchev–Trinajstić information content (AvgIpc) is 3.60. The van der Waals surface area contributed by atoms with E-state index in [0.717, 1.165) is 11.3 Å². The Hall–Kier alpha value is -5.67. The number of nitrogens with two attached hydrogens (primary N) is 1. The summed E-state index contributed by atoms with van der Waals surface area (Å²) in [5.74, 6) is -21.6. The maximum atomic E-state index is 15.1. The number of nitrogens with one attached hydrogen (secondary N) is 4. The lowest BCUT2D eigenvalue weighted by molar-refractivity contribution is -0.156. The van der Waals surface area contributed by atoms with E-state index in [-0.39, 0.29) is 25.8 Å². The number of hydrogen-bond acceptors (Lipinski definition) is 11. The molecule has 22 heteroatoms. The lowest BCUT2D eigenvalue weighted by Gasteiger charge is -2.35. The third-order valence-corrected chi connectivity index (χ3v) is 10.1. The number of ketones is 1. The number of benzene rings is 1. The van der Waals surface area contributed by atoms with E-state index in [1.165, 1.54) is 0 Å². The van der Waals surface area contributed by atoms with Crippen molar-refractivity contribution in [3.05, 3.63) is 34.4 Å². The van der Waals surface area contributed by atoms with Gasteiger partial charge >= 0.3 is 11.9 Å². The number of nitrogens with zero attached hydrogens (tertiary/aromatic N) is 1. The molecule has 1 saturated carbocycles. The number of carboxylic acids is 1. The molecule has 1 aromatic rings. The summed E-state index contributed by atoms with van der Waals surface area (Å²) < 4.78 is 69.4. The van der Waals surface area contributed by atoms with Crippen molar-refractivity contribution >= 4 is 53.2 Å². The number of halogens is 4. The first-order chi connectivity index (χ1) is 29.2. The number of ether oxygens (including phenoxy) is 2. The summed E-state index contributed by atoms with van der Waals surface area (Å²) in [6, 6.07) is -6.10. The van der Waals surface area contributed by atoms with Crippen molar-refractivity contribution in [3.8, 4) is 0 Å². The predicted molar refractivity (Wildman–Crippen MR) is 212 cm³/mol. The number of Topliss-reactive ketones (excluding diaryl/α,β-unsaturated/α-hetero) is 1. The summed E-state index contributed by atoms with van der Waals surface area (Å²) in [6.07, 6.45) is 0.977. The van der Waals surface area contributed by atoms with Crippen molar-refractivity contribution < 1.29 is 75.3 Å². The van der Waals surface area contributed by atoms with Crippen LogP contribution < -0.4 is 27.0 Å². The zero-order valence-corrected chi connectivity index (χ0v) is 36.2. The number of hydrogen-bond donors (Lipinski definition) is 6. The zero-order valence-electron chi connectivity index (χ0n) is 36.2. The maximum absolute atomic E-state index is 15.1. The van der Waals surface area contributed by atoms with Gasteiger partial charge in [-0.1, -0.05) is 32.6 Å². The summed E-state index contributed by atoms with van der Waals surface area (Å²) >= 11 is 0. The molecule has 5 unspecified atom stereocenters. The van der Waals surface area contributed by atoms with Crippen LogP contribution in [0.5, 0.6) is 0 Å². The van der Waals surface area contributed by atoms with Crippen LogP contribution in [0.4, 0.5) is 17.6 Å². The minimum absolute atomic E-state index is 0.102. The van der Waals surface area contributed by atoms with E-state index < -0.39 is 148 Å². The highest BCUT2D eigenvalue weighted by atomic mass is 19.2. The Labute approximate surface area is 361 Å². The van der Waals surface area contributed by atoms with E-state index in [1.54, 1.807) is 48.5 Å². The lowest BCUT2D eigenvalue weighted by atomic mass is 9.83. The summed E-state index contributed by atoms with van der Waals surface area (Å²) in [7, 11) is 0. The number of carbonyl (C=O) groups excluding carboxylic acids is 8. The number of esters is 1. The van der Waals surface area contributed by atoms with Crippen molar-refractivity contribution in [3.63, 3.8) is 0 Å². The van der Waals surface area contributed by atoms with Crippen LogP contribution in [0.15, 0.2) is 0 Å². The lowest BCUT2D eigenvalue weighted by Crippen LogP contribution is -2.58. The van der Waals surface area contributed by atoms with Crippen LogP contribution in [-0.4, -0.2) is 118 Å². The van der Waals surface area contributed by atoms with Crippen molar-refractivity contribution in [2.24, 2.45) is 11.7 Å². The molecule has 5 atom stereocenters. The van der Waals surface area contributed by atoms with Gasteiger partial charge in [-0.05, 0) is 66.7 Å². The Balaban J connectivity index is 1.88. The summed E-state index contributed by atoms with van der Waals surface area (Å²) in [6.45, 7) is 10.4.